The summed E-state index contributed by atoms with van der Waals surface area (Å²) in [4.78, 5) is 43.6. The predicted molar refractivity (Wildman–Crippen MR) is 106 cm³/mol. The normalized spacial score (nSPS) is 18.1. The maximum atomic E-state index is 13.1. The summed E-state index contributed by atoms with van der Waals surface area (Å²) in [6, 6.07) is 15.0. The molecule has 2 heterocycles. The van der Waals surface area contributed by atoms with E-state index in [0.29, 0.717) is 17.7 Å². The van der Waals surface area contributed by atoms with Crippen molar-refractivity contribution in [2.45, 2.75) is 19.9 Å². The van der Waals surface area contributed by atoms with Gasteiger partial charge in [-0.15, -0.1) is 5.06 Å². The van der Waals surface area contributed by atoms with Crippen LogP contribution in [-0.2, 0) is 32.2 Å². The molecular formula is C23H19FN2O4. The third-order valence-electron chi connectivity index (χ3n) is 5.12. The molecule has 6 nitrogen and oxygen atoms in total. The van der Waals surface area contributed by atoms with E-state index in [1.165, 1.54) is 30.3 Å². The molecule has 0 aliphatic carbocycles. The summed E-state index contributed by atoms with van der Waals surface area (Å²) in [6.45, 7) is 1.90. The van der Waals surface area contributed by atoms with Crippen molar-refractivity contribution < 1.29 is 23.6 Å². The molecule has 1 atom stereocenters. The summed E-state index contributed by atoms with van der Waals surface area (Å²) in [6.07, 6.45) is 1.53. The minimum atomic E-state index is -0.987. The number of carbonyl (C=O) groups excluding carboxylic acids is 3. The van der Waals surface area contributed by atoms with Crippen LogP contribution in [-0.4, -0.2) is 22.7 Å². The Labute approximate surface area is 172 Å². The number of Topliss-reactive ketones (excluding diaryl/α,β-unsaturated/α-hetero) is 1. The van der Waals surface area contributed by atoms with E-state index in [1.54, 1.807) is 6.92 Å². The van der Waals surface area contributed by atoms with Crippen LogP contribution in [0.5, 0.6) is 0 Å². The Kier molecular flexibility index (Phi) is 5.18. The SMILES string of the molecule is CC1=C2C=C(C(=O)NCc3ccccc3)ON2C(=O)C(Cc2ccc(F)cc2)C1=O. The van der Waals surface area contributed by atoms with Crippen molar-refractivity contribution in [1.29, 1.82) is 0 Å². The van der Waals surface area contributed by atoms with Gasteiger partial charge in [-0.05, 0) is 36.6 Å². The number of hydrogen-bond donors (Lipinski definition) is 1. The Bertz CT molecular complexity index is 1070. The molecule has 2 aliphatic heterocycles. The lowest BCUT2D eigenvalue weighted by atomic mass is 9.87. The van der Waals surface area contributed by atoms with Gasteiger partial charge in [-0.3, -0.25) is 14.4 Å². The Morgan fingerprint density at radius 2 is 1.77 bits per heavy atom. The zero-order valence-corrected chi connectivity index (χ0v) is 16.2. The molecule has 0 spiro atoms. The molecule has 0 bridgehead atoms. The molecule has 1 N–H and O–H groups in total. The summed E-state index contributed by atoms with van der Waals surface area (Å²) in [7, 11) is 0. The number of nitrogens with zero attached hydrogens (tertiary/aromatic N) is 1. The fourth-order valence-electron chi connectivity index (χ4n) is 3.43. The van der Waals surface area contributed by atoms with Gasteiger partial charge in [0.1, 0.15) is 11.7 Å². The molecule has 2 aliphatic rings. The van der Waals surface area contributed by atoms with Crippen LogP contribution in [0.3, 0.4) is 0 Å². The first-order valence-electron chi connectivity index (χ1n) is 9.49. The third kappa shape index (κ3) is 3.74. The van der Waals surface area contributed by atoms with Gasteiger partial charge in [0.05, 0.1) is 5.70 Å². The molecule has 2 amide bonds. The summed E-state index contributed by atoms with van der Waals surface area (Å²) in [5.41, 5.74) is 2.19. The number of hydrogen-bond acceptors (Lipinski definition) is 4. The standard InChI is InChI=1S/C23H19FN2O4/c1-14-19-12-20(22(28)25-13-16-5-3-2-4-6-16)30-26(19)23(29)18(21(14)27)11-15-7-9-17(24)10-8-15/h2-10,12,18H,11,13H2,1H3,(H,25,28). The van der Waals surface area contributed by atoms with Crippen LogP contribution in [0.25, 0.3) is 0 Å². The Hall–Kier alpha value is -3.74. The Morgan fingerprint density at radius 1 is 1.07 bits per heavy atom. The van der Waals surface area contributed by atoms with E-state index >= 15 is 0 Å². The van der Waals surface area contributed by atoms with E-state index in [4.69, 9.17) is 4.84 Å². The molecule has 1 unspecified atom stereocenters. The number of rotatable bonds is 5. The summed E-state index contributed by atoms with van der Waals surface area (Å²) >= 11 is 0. The Morgan fingerprint density at radius 3 is 2.47 bits per heavy atom. The number of halogens is 1. The number of fused-ring (bicyclic) bond motifs is 1. The topological polar surface area (TPSA) is 75.7 Å². The fourth-order valence-corrected chi connectivity index (χ4v) is 3.43. The van der Waals surface area contributed by atoms with Gasteiger partial charge in [0.15, 0.2) is 5.78 Å². The van der Waals surface area contributed by atoms with Crippen LogP contribution < -0.4 is 5.32 Å². The van der Waals surface area contributed by atoms with Gasteiger partial charge < -0.3 is 10.2 Å². The summed E-state index contributed by atoms with van der Waals surface area (Å²) in [5.74, 6) is -2.79. The molecule has 0 saturated carbocycles. The van der Waals surface area contributed by atoms with Crippen molar-refractivity contribution >= 4 is 17.6 Å². The first-order chi connectivity index (χ1) is 14.4. The minimum absolute atomic E-state index is 0.0520. The van der Waals surface area contributed by atoms with Gasteiger partial charge in [-0.25, -0.2) is 4.39 Å². The van der Waals surface area contributed by atoms with Crippen molar-refractivity contribution in [3.05, 3.63) is 94.6 Å². The highest BCUT2D eigenvalue weighted by Crippen LogP contribution is 2.33. The number of benzene rings is 2. The van der Waals surface area contributed by atoms with Gasteiger partial charge >= 0.3 is 0 Å². The van der Waals surface area contributed by atoms with E-state index in [1.807, 2.05) is 30.3 Å². The minimum Gasteiger partial charge on any atom is -0.366 e. The second-order valence-electron chi connectivity index (χ2n) is 7.16. The van der Waals surface area contributed by atoms with Crippen molar-refractivity contribution in [3.63, 3.8) is 0 Å². The molecule has 0 saturated heterocycles. The lowest BCUT2D eigenvalue weighted by Gasteiger charge is -2.28. The van der Waals surface area contributed by atoms with E-state index in [-0.39, 0.29) is 23.7 Å². The number of nitrogens with one attached hydrogen (secondary N) is 1. The highest BCUT2D eigenvalue weighted by atomic mass is 19.1. The summed E-state index contributed by atoms with van der Waals surface area (Å²) in [5, 5.41) is 3.74. The van der Waals surface area contributed by atoms with E-state index < -0.39 is 23.5 Å². The molecule has 2 aromatic rings. The molecular weight excluding hydrogens is 387 g/mol. The first kappa shape index (κ1) is 19.6. The molecule has 4 rings (SSSR count). The van der Waals surface area contributed by atoms with E-state index in [2.05, 4.69) is 5.32 Å². The lowest BCUT2D eigenvalue weighted by Crippen LogP contribution is -2.43. The van der Waals surface area contributed by atoms with Crippen LogP contribution in [0.1, 0.15) is 18.1 Å². The number of ketones is 1. The van der Waals surface area contributed by atoms with Crippen LogP contribution in [0.2, 0.25) is 0 Å². The maximum absolute atomic E-state index is 13.1. The maximum Gasteiger partial charge on any atom is 0.290 e. The second kappa shape index (κ2) is 7.94. The molecule has 0 aromatic heterocycles. The van der Waals surface area contributed by atoms with Crippen molar-refractivity contribution in [2.75, 3.05) is 0 Å². The highest BCUT2D eigenvalue weighted by Gasteiger charge is 2.44. The van der Waals surface area contributed by atoms with Crippen molar-refractivity contribution in [2.24, 2.45) is 5.92 Å². The monoisotopic (exact) mass is 406 g/mol. The van der Waals surface area contributed by atoms with Crippen LogP contribution >= 0.6 is 0 Å². The average molecular weight is 406 g/mol. The molecule has 152 valence electrons. The molecule has 2 aromatic carbocycles. The van der Waals surface area contributed by atoms with Crippen molar-refractivity contribution in [3.8, 4) is 0 Å². The number of amides is 2. The lowest BCUT2D eigenvalue weighted by molar-refractivity contribution is -0.168. The van der Waals surface area contributed by atoms with Crippen LogP contribution in [0.4, 0.5) is 4.39 Å². The van der Waals surface area contributed by atoms with Gasteiger partial charge in [0, 0.05) is 18.2 Å². The number of hydroxylamine groups is 2. The Balaban J connectivity index is 1.48. The molecule has 0 fully saturated rings. The molecule has 30 heavy (non-hydrogen) atoms. The van der Waals surface area contributed by atoms with Gasteiger partial charge in [-0.2, -0.15) is 0 Å². The van der Waals surface area contributed by atoms with Crippen molar-refractivity contribution in [1.82, 2.24) is 10.4 Å². The summed E-state index contributed by atoms with van der Waals surface area (Å²) < 4.78 is 13.1. The molecule has 7 heteroatoms. The van der Waals surface area contributed by atoms with E-state index in [9.17, 15) is 18.8 Å². The van der Waals surface area contributed by atoms with Crippen LogP contribution in [0, 0.1) is 11.7 Å². The first-order valence-corrected chi connectivity index (χ1v) is 9.49. The zero-order valence-electron chi connectivity index (χ0n) is 16.2. The highest BCUT2D eigenvalue weighted by molar-refractivity contribution is 6.13. The largest absolute Gasteiger partial charge is 0.366 e. The number of allylic oxidation sites excluding steroid dienone is 2. The van der Waals surface area contributed by atoms with Gasteiger partial charge in [0.2, 0.25) is 5.76 Å². The van der Waals surface area contributed by atoms with Gasteiger partial charge in [-0.1, -0.05) is 42.5 Å². The van der Waals surface area contributed by atoms with E-state index in [0.717, 1.165) is 10.6 Å². The zero-order chi connectivity index (χ0) is 21.3. The second-order valence-corrected chi connectivity index (χ2v) is 7.16. The van der Waals surface area contributed by atoms with Crippen LogP contribution in [0.15, 0.2) is 77.7 Å². The quantitative estimate of drug-likeness (QED) is 0.775. The molecule has 0 radical (unpaired) electrons. The average Bonchev–Trinajstić information content (AvgIpc) is 3.21. The predicted octanol–water partition coefficient (Wildman–Crippen LogP) is 2.82. The fraction of sp³-hybridized carbons (Fsp3) is 0.174. The smallest absolute Gasteiger partial charge is 0.290 e. The van der Waals surface area contributed by atoms with Gasteiger partial charge in [0.25, 0.3) is 11.8 Å². The number of carbonyl (C=O) groups is 3. The third-order valence-corrected chi connectivity index (χ3v) is 5.12.